The largest absolute Gasteiger partial charge is 0.358 e. The molecule has 5 nitrogen and oxygen atoms in total. The number of H-pyrrole nitrogens is 1. The Labute approximate surface area is 131 Å². The van der Waals surface area contributed by atoms with Crippen molar-refractivity contribution < 1.29 is 4.52 Å². The number of rotatable bonds is 4. The van der Waals surface area contributed by atoms with E-state index in [1.807, 2.05) is 25.1 Å². The van der Waals surface area contributed by atoms with Gasteiger partial charge in [0.05, 0.1) is 22.5 Å². The van der Waals surface area contributed by atoms with Crippen LogP contribution < -0.4 is 4.72 Å². The van der Waals surface area contributed by atoms with E-state index in [0.29, 0.717) is 11.5 Å². The molecule has 1 saturated carbocycles. The third-order valence-electron chi connectivity index (χ3n) is 3.93. The van der Waals surface area contributed by atoms with E-state index < -0.39 is 0 Å². The van der Waals surface area contributed by atoms with E-state index in [4.69, 9.17) is 4.52 Å². The number of aromatic amines is 1. The fourth-order valence-electron chi connectivity index (χ4n) is 2.59. The van der Waals surface area contributed by atoms with Crippen molar-refractivity contribution in [2.45, 2.75) is 30.8 Å². The summed E-state index contributed by atoms with van der Waals surface area (Å²) in [5.41, 5.74) is 4.66. The van der Waals surface area contributed by atoms with Gasteiger partial charge in [0.25, 0.3) is 0 Å². The van der Waals surface area contributed by atoms with Crippen LogP contribution in [0.25, 0.3) is 10.9 Å². The van der Waals surface area contributed by atoms with E-state index in [9.17, 15) is 5.26 Å². The van der Waals surface area contributed by atoms with E-state index in [0.717, 1.165) is 32.9 Å². The average molecular weight is 310 g/mol. The maximum Gasteiger partial charge on any atom is 0.213 e. The topological polar surface area (TPSA) is 77.6 Å². The highest BCUT2D eigenvalue weighted by Crippen LogP contribution is 2.40. The zero-order valence-corrected chi connectivity index (χ0v) is 12.8. The molecule has 0 bridgehead atoms. The summed E-state index contributed by atoms with van der Waals surface area (Å²) in [6.07, 6.45) is 4.16. The van der Waals surface area contributed by atoms with Gasteiger partial charge in [-0.1, -0.05) is 11.2 Å². The molecule has 0 saturated heterocycles. The average Bonchev–Trinajstić information content (AvgIpc) is 3.11. The zero-order chi connectivity index (χ0) is 15.1. The molecule has 0 spiro atoms. The Morgan fingerprint density at radius 2 is 2.32 bits per heavy atom. The molecule has 0 amide bonds. The number of anilines is 1. The smallest absolute Gasteiger partial charge is 0.213 e. The first kappa shape index (κ1) is 13.3. The first-order valence-corrected chi connectivity index (χ1v) is 7.98. The lowest BCUT2D eigenvalue weighted by Crippen LogP contribution is -1.89. The molecule has 6 heteroatoms. The predicted octanol–water partition coefficient (Wildman–Crippen LogP) is 4.33. The molecule has 2 N–H and O–H groups in total. The number of nitrogens with zero attached hydrogens (tertiary/aromatic N) is 2. The summed E-state index contributed by atoms with van der Waals surface area (Å²) in [4.78, 5) is 3.17. The Morgan fingerprint density at radius 1 is 1.45 bits per heavy atom. The monoisotopic (exact) mass is 310 g/mol. The molecule has 0 atom stereocenters. The van der Waals surface area contributed by atoms with Gasteiger partial charge < -0.3 is 14.2 Å². The lowest BCUT2D eigenvalue weighted by Gasteiger charge is -2.06. The van der Waals surface area contributed by atoms with Crippen LogP contribution in [0.5, 0.6) is 0 Å². The standard InChI is InChI=1S/C16H14N4OS/c1-9-2-5-12(16-15(9)11(7-17)8-18-16)20-22-14-6-13(19-21-14)10-3-4-10/h2,5-6,8,10,18,20H,3-4H2,1H3. The molecule has 0 aliphatic heterocycles. The molecule has 1 aliphatic rings. The van der Waals surface area contributed by atoms with Crippen molar-refractivity contribution >= 4 is 28.5 Å². The first-order chi connectivity index (χ1) is 10.8. The van der Waals surface area contributed by atoms with Gasteiger partial charge in [-0.3, -0.25) is 0 Å². The lowest BCUT2D eigenvalue weighted by atomic mass is 10.1. The maximum atomic E-state index is 9.19. The van der Waals surface area contributed by atoms with Crippen molar-refractivity contribution in [1.29, 1.82) is 5.26 Å². The highest BCUT2D eigenvalue weighted by atomic mass is 32.2. The summed E-state index contributed by atoms with van der Waals surface area (Å²) >= 11 is 1.40. The van der Waals surface area contributed by atoms with Crippen LogP contribution in [0.2, 0.25) is 0 Å². The van der Waals surface area contributed by atoms with E-state index in [1.165, 1.54) is 24.8 Å². The minimum absolute atomic E-state index is 0.589. The van der Waals surface area contributed by atoms with Crippen LogP contribution in [-0.2, 0) is 0 Å². The van der Waals surface area contributed by atoms with E-state index in [2.05, 4.69) is 20.9 Å². The Bertz CT molecular complexity index is 885. The minimum Gasteiger partial charge on any atom is -0.358 e. The van der Waals surface area contributed by atoms with Gasteiger partial charge >= 0.3 is 0 Å². The Balaban J connectivity index is 1.59. The number of nitriles is 1. The van der Waals surface area contributed by atoms with Gasteiger partial charge in [-0.05, 0) is 31.4 Å². The number of hydrogen-bond acceptors (Lipinski definition) is 5. The van der Waals surface area contributed by atoms with Crippen molar-refractivity contribution in [1.82, 2.24) is 10.1 Å². The molecule has 110 valence electrons. The summed E-state index contributed by atoms with van der Waals surface area (Å²) in [5, 5.41) is 15.0. The van der Waals surface area contributed by atoms with Crippen molar-refractivity contribution in [2.24, 2.45) is 0 Å². The Morgan fingerprint density at radius 3 is 3.09 bits per heavy atom. The van der Waals surface area contributed by atoms with Gasteiger partial charge in [0.1, 0.15) is 6.07 Å². The van der Waals surface area contributed by atoms with E-state index in [-0.39, 0.29) is 0 Å². The summed E-state index contributed by atoms with van der Waals surface area (Å²) in [6.45, 7) is 2.01. The highest BCUT2D eigenvalue weighted by Gasteiger charge is 2.27. The first-order valence-electron chi connectivity index (χ1n) is 7.16. The quantitative estimate of drug-likeness (QED) is 0.701. The maximum absolute atomic E-state index is 9.19. The summed E-state index contributed by atoms with van der Waals surface area (Å²) in [7, 11) is 0. The van der Waals surface area contributed by atoms with Crippen LogP contribution in [0.1, 0.15) is 35.6 Å². The van der Waals surface area contributed by atoms with Crippen LogP contribution in [0.3, 0.4) is 0 Å². The second-order valence-electron chi connectivity index (χ2n) is 5.54. The van der Waals surface area contributed by atoms with Crippen LogP contribution >= 0.6 is 11.9 Å². The molecule has 0 radical (unpaired) electrons. The van der Waals surface area contributed by atoms with Gasteiger partial charge in [0.2, 0.25) is 5.09 Å². The normalized spacial score (nSPS) is 14.2. The lowest BCUT2D eigenvalue weighted by molar-refractivity contribution is 0.345. The van der Waals surface area contributed by atoms with Gasteiger partial charge in [-0.15, -0.1) is 0 Å². The number of fused-ring (bicyclic) bond motifs is 1. The minimum atomic E-state index is 0.589. The van der Waals surface area contributed by atoms with Crippen molar-refractivity contribution in [3.05, 3.63) is 41.2 Å². The van der Waals surface area contributed by atoms with Crippen molar-refractivity contribution in [2.75, 3.05) is 4.72 Å². The van der Waals surface area contributed by atoms with Crippen LogP contribution in [-0.4, -0.2) is 10.1 Å². The predicted molar refractivity (Wildman–Crippen MR) is 85.7 cm³/mol. The molecule has 1 fully saturated rings. The molecule has 0 unspecified atom stereocenters. The van der Waals surface area contributed by atoms with E-state index in [1.54, 1.807) is 6.20 Å². The molecular formula is C16H14N4OS. The molecule has 3 aromatic rings. The molecule has 1 aromatic carbocycles. The fraction of sp³-hybridized carbons (Fsp3) is 0.250. The van der Waals surface area contributed by atoms with Crippen LogP contribution in [0, 0.1) is 18.3 Å². The van der Waals surface area contributed by atoms with Crippen LogP contribution in [0.4, 0.5) is 5.69 Å². The molecule has 2 aromatic heterocycles. The number of benzene rings is 1. The van der Waals surface area contributed by atoms with Crippen molar-refractivity contribution in [3.63, 3.8) is 0 Å². The molecule has 1 aliphatic carbocycles. The summed E-state index contributed by atoms with van der Waals surface area (Å²) in [5.74, 6) is 0.589. The molecule has 2 heterocycles. The number of nitrogens with one attached hydrogen (secondary N) is 2. The molecular weight excluding hydrogens is 296 g/mol. The highest BCUT2D eigenvalue weighted by molar-refractivity contribution is 8.00. The van der Waals surface area contributed by atoms with Gasteiger partial charge in [0.15, 0.2) is 0 Å². The van der Waals surface area contributed by atoms with Gasteiger partial charge in [-0.2, -0.15) is 5.26 Å². The second kappa shape index (κ2) is 5.11. The number of hydrogen-bond donors (Lipinski definition) is 2. The third kappa shape index (κ3) is 2.24. The van der Waals surface area contributed by atoms with E-state index >= 15 is 0 Å². The SMILES string of the molecule is Cc1ccc(NSc2cc(C3CC3)no2)c2[nH]cc(C#N)c12. The zero-order valence-electron chi connectivity index (χ0n) is 12.0. The van der Waals surface area contributed by atoms with Gasteiger partial charge in [-0.25, -0.2) is 0 Å². The molecule has 4 rings (SSSR count). The van der Waals surface area contributed by atoms with Gasteiger partial charge in [0, 0.05) is 35.5 Å². The number of aromatic nitrogens is 2. The van der Waals surface area contributed by atoms with Crippen molar-refractivity contribution in [3.8, 4) is 6.07 Å². The Kier molecular flexibility index (Phi) is 3.09. The fourth-order valence-corrected chi connectivity index (χ4v) is 3.22. The second-order valence-corrected chi connectivity index (χ2v) is 6.35. The Hall–Kier alpha value is -2.39. The molecule has 22 heavy (non-hydrogen) atoms. The third-order valence-corrected chi connectivity index (χ3v) is 4.64. The van der Waals surface area contributed by atoms with Crippen LogP contribution in [0.15, 0.2) is 34.0 Å². The number of aryl methyl sites for hydroxylation is 1. The summed E-state index contributed by atoms with van der Waals surface area (Å²) in [6, 6.07) is 8.23. The summed E-state index contributed by atoms with van der Waals surface area (Å²) < 4.78 is 8.62.